The summed E-state index contributed by atoms with van der Waals surface area (Å²) in [7, 11) is 0. The van der Waals surface area contributed by atoms with E-state index in [4.69, 9.17) is 4.74 Å². The molecule has 94 valence electrons. The fourth-order valence-electron chi connectivity index (χ4n) is 3.27. The van der Waals surface area contributed by atoms with Gasteiger partial charge in [-0.05, 0) is 13.2 Å². The summed E-state index contributed by atoms with van der Waals surface area (Å²) < 4.78 is 5.80. The number of rotatable bonds is 3. The number of carbonyl (C=O) groups excluding carboxylic acids is 1. The SMILES string of the molecule is CCOC1C(C)(C)C(NC(=O)SC)C1(C)C. The van der Waals surface area contributed by atoms with Gasteiger partial charge in [0.05, 0.1) is 6.10 Å². The Kier molecular flexibility index (Phi) is 3.95. The lowest BCUT2D eigenvalue weighted by molar-refractivity contribution is -0.205. The van der Waals surface area contributed by atoms with Gasteiger partial charge in [-0.2, -0.15) is 0 Å². The Morgan fingerprint density at radius 1 is 1.31 bits per heavy atom. The highest BCUT2D eigenvalue weighted by atomic mass is 32.2. The van der Waals surface area contributed by atoms with Crippen molar-refractivity contribution in [3.05, 3.63) is 0 Å². The van der Waals surface area contributed by atoms with Gasteiger partial charge in [0.25, 0.3) is 5.24 Å². The normalized spacial score (nSPS) is 30.6. The van der Waals surface area contributed by atoms with Gasteiger partial charge in [-0.3, -0.25) is 4.79 Å². The predicted molar refractivity (Wildman–Crippen MR) is 68.8 cm³/mol. The second-order valence-corrected chi connectivity index (χ2v) is 6.33. The predicted octanol–water partition coefficient (Wildman–Crippen LogP) is 2.90. The van der Waals surface area contributed by atoms with Crippen LogP contribution in [0, 0.1) is 10.8 Å². The number of hydrogen-bond donors (Lipinski definition) is 1. The van der Waals surface area contributed by atoms with E-state index in [2.05, 4.69) is 33.0 Å². The number of carbonyl (C=O) groups is 1. The summed E-state index contributed by atoms with van der Waals surface area (Å²) in [4.78, 5) is 11.5. The second kappa shape index (κ2) is 4.57. The summed E-state index contributed by atoms with van der Waals surface area (Å²) >= 11 is 1.23. The number of amides is 1. The van der Waals surface area contributed by atoms with Crippen LogP contribution in [0.5, 0.6) is 0 Å². The second-order valence-electron chi connectivity index (χ2n) is 5.55. The Balaban J connectivity index is 2.76. The van der Waals surface area contributed by atoms with E-state index in [9.17, 15) is 4.79 Å². The van der Waals surface area contributed by atoms with Gasteiger partial charge in [0.2, 0.25) is 0 Å². The van der Waals surface area contributed by atoms with Crippen molar-refractivity contribution in [1.29, 1.82) is 0 Å². The van der Waals surface area contributed by atoms with Crippen LogP contribution in [0.4, 0.5) is 4.79 Å². The molecule has 16 heavy (non-hydrogen) atoms. The smallest absolute Gasteiger partial charge is 0.279 e. The molecule has 0 spiro atoms. The average Bonchev–Trinajstić information content (AvgIpc) is 2.21. The fourth-order valence-corrected chi connectivity index (χ4v) is 3.50. The minimum Gasteiger partial charge on any atom is -0.377 e. The Morgan fingerprint density at radius 2 is 1.81 bits per heavy atom. The van der Waals surface area contributed by atoms with Gasteiger partial charge >= 0.3 is 0 Å². The third-order valence-corrected chi connectivity index (χ3v) is 4.11. The van der Waals surface area contributed by atoms with Crippen LogP contribution in [0.3, 0.4) is 0 Å². The maximum absolute atomic E-state index is 11.5. The Bertz CT molecular complexity index is 260. The largest absolute Gasteiger partial charge is 0.377 e. The van der Waals surface area contributed by atoms with E-state index >= 15 is 0 Å². The maximum atomic E-state index is 11.5. The Morgan fingerprint density at radius 3 is 2.19 bits per heavy atom. The van der Waals surface area contributed by atoms with Crippen molar-refractivity contribution in [2.45, 2.75) is 46.8 Å². The summed E-state index contributed by atoms with van der Waals surface area (Å²) in [6.45, 7) is 11.4. The molecule has 0 aromatic carbocycles. The monoisotopic (exact) mass is 245 g/mol. The van der Waals surface area contributed by atoms with Gasteiger partial charge in [-0.1, -0.05) is 39.5 Å². The first-order chi connectivity index (χ1) is 7.28. The summed E-state index contributed by atoms with van der Waals surface area (Å²) in [5, 5.41) is 3.12. The summed E-state index contributed by atoms with van der Waals surface area (Å²) in [5.74, 6) is 0. The van der Waals surface area contributed by atoms with E-state index in [1.54, 1.807) is 6.26 Å². The van der Waals surface area contributed by atoms with Crippen molar-refractivity contribution in [2.24, 2.45) is 10.8 Å². The third kappa shape index (κ3) is 2.09. The van der Waals surface area contributed by atoms with Crippen LogP contribution in [0.1, 0.15) is 34.6 Å². The highest BCUT2D eigenvalue weighted by molar-refractivity contribution is 8.12. The van der Waals surface area contributed by atoms with Crippen LogP contribution >= 0.6 is 11.8 Å². The molecule has 0 radical (unpaired) electrons. The molecule has 1 N–H and O–H groups in total. The van der Waals surface area contributed by atoms with Crippen LogP contribution in [0.2, 0.25) is 0 Å². The standard InChI is InChI=1S/C12H23NO2S/c1-7-15-9-11(2,3)8(12(9,4)5)13-10(14)16-6/h8-9H,7H2,1-6H3,(H,13,14). The van der Waals surface area contributed by atoms with E-state index < -0.39 is 0 Å². The average molecular weight is 245 g/mol. The quantitative estimate of drug-likeness (QED) is 0.831. The Hall–Kier alpha value is -0.220. The van der Waals surface area contributed by atoms with E-state index in [1.807, 2.05) is 6.92 Å². The molecular weight excluding hydrogens is 222 g/mol. The lowest BCUT2D eigenvalue weighted by atomic mass is 9.49. The van der Waals surface area contributed by atoms with Crippen molar-refractivity contribution in [1.82, 2.24) is 5.32 Å². The molecule has 0 aromatic rings. The first-order valence-electron chi connectivity index (χ1n) is 5.74. The molecule has 0 bridgehead atoms. The summed E-state index contributed by atoms with van der Waals surface area (Å²) in [6, 6.07) is 0.177. The molecule has 0 unspecified atom stereocenters. The molecule has 1 amide bonds. The first kappa shape index (κ1) is 13.8. The van der Waals surface area contributed by atoms with Crippen LogP contribution in [-0.2, 0) is 4.74 Å². The van der Waals surface area contributed by atoms with Gasteiger partial charge in [0.15, 0.2) is 0 Å². The zero-order valence-electron chi connectivity index (χ0n) is 11.1. The van der Waals surface area contributed by atoms with Crippen molar-refractivity contribution < 1.29 is 9.53 Å². The van der Waals surface area contributed by atoms with Gasteiger partial charge < -0.3 is 10.1 Å². The number of thioether (sulfide) groups is 1. The first-order valence-corrected chi connectivity index (χ1v) is 6.97. The van der Waals surface area contributed by atoms with Crippen molar-refractivity contribution >= 4 is 17.0 Å². The fraction of sp³-hybridized carbons (Fsp3) is 0.917. The molecule has 1 aliphatic rings. The number of hydrogen-bond acceptors (Lipinski definition) is 3. The van der Waals surface area contributed by atoms with Gasteiger partial charge in [0.1, 0.15) is 0 Å². The minimum atomic E-state index is 0.00486. The molecule has 3 nitrogen and oxygen atoms in total. The molecule has 0 heterocycles. The molecule has 1 fully saturated rings. The lowest BCUT2D eigenvalue weighted by Crippen LogP contribution is -2.73. The van der Waals surface area contributed by atoms with Gasteiger partial charge in [0, 0.05) is 23.5 Å². The molecule has 1 aliphatic carbocycles. The maximum Gasteiger partial charge on any atom is 0.279 e. The van der Waals surface area contributed by atoms with E-state index in [-0.39, 0.29) is 28.2 Å². The van der Waals surface area contributed by atoms with Crippen molar-refractivity contribution in [2.75, 3.05) is 12.9 Å². The van der Waals surface area contributed by atoms with Crippen LogP contribution in [0.15, 0.2) is 0 Å². The Labute approximate surface area is 103 Å². The molecule has 1 rings (SSSR count). The van der Waals surface area contributed by atoms with E-state index in [0.717, 1.165) is 6.61 Å². The van der Waals surface area contributed by atoms with E-state index in [0.29, 0.717) is 0 Å². The minimum absolute atomic E-state index is 0.00486. The third-order valence-electron chi connectivity index (χ3n) is 3.62. The molecule has 0 aliphatic heterocycles. The molecule has 4 heteroatoms. The number of ether oxygens (including phenoxy) is 1. The molecule has 0 atom stereocenters. The molecule has 0 saturated heterocycles. The van der Waals surface area contributed by atoms with Gasteiger partial charge in [-0.25, -0.2) is 0 Å². The lowest BCUT2D eigenvalue weighted by Gasteiger charge is -2.63. The summed E-state index contributed by atoms with van der Waals surface area (Å²) in [6.07, 6.45) is 2.01. The highest BCUT2D eigenvalue weighted by Crippen LogP contribution is 2.55. The highest BCUT2D eigenvalue weighted by Gasteiger charge is 2.62. The topological polar surface area (TPSA) is 38.3 Å². The van der Waals surface area contributed by atoms with Crippen molar-refractivity contribution in [3.8, 4) is 0 Å². The van der Waals surface area contributed by atoms with Crippen LogP contribution < -0.4 is 5.32 Å². The zero-order chi connectivity index (χ0) is 12.6. The van der Waals surface area contributed by atoms with Gasteiger partial charge in [-0.15, -0.1) is 0 Å². The van der Waals surface area contributed by atoms with E-state index in [1.165, 1.54) is 11.8 Å². The number of nitrogens with one attached hydrogen (secondary N) is 1. The molecular formula is C12H23NO2S. The summed E-state index contributed by atoms with van der Waals surface area (Å²) in [5.41, 5.74) is 0.00972. The zero-order valence-corrected chi connectivity index (χ0v) is 11.9. The molecule has 0 aromatic heterocycles. The van der Waals surface area contributed by atoms with Crippen LogP contribution in [0.25, 0.3) is 0 Å². The van der Waals surface area contributed by atoms with Crippen LogP contribution in [-0.4, -0.2) is 30.2 Å². The van der Waals surface area contributed by atoms with Crippen molar-refractivity contribution in [3.63, 3.8) is 0 Å². The molecule has 1 saturated carbocycles.